The summed E-state index contributed by atoms with van der Waals surface area (Å²) in [6.07, 6.45) is 3.10. The Hall–Kier alpha value is -2.69. The first-order valence-corrected chi connectivity index (χ1v) is 5.69. The van der Waals surface area contributed by atoms with E-state index in [0.717, 1.165) is 5.56 Å². The van der Waals surface area contributed by atoms with Crippen molar-refractivity contribution in [3.63, 3.8) is 0 Å². The van der Waals surface area contributed by atoms with E-state index in [0.29, 0.717) is 17.3 Å². The van der Waals surface area contributed by atoms with Gasteiger partial charge in [-0.15, -0.1) is 0 Å². The van der Waals surface area contributed by atoms with Crippen molar-refractivity contribution in [3.8, 4) is 22.9 Å². The molecule has 2 aromatic heterocycles. The maximum Gasteiger partial charge on any atom is 0.181 e. The highest BCUT2D eigenvalue weighted by molar-refractivity contribution is 5.58. The Morgan fingerprint density at radius 2 is 1.58 bits per heavy atom. The molecule has 92 valence electrons. The molecule has 0 radical (unpaired) electrons. The van der Waals surface area contributed by atoms with E-state index >= 15 is 0 Å². The van der Waals surface area contributed by atoms with Gasteiger partial charge in [0.05, 0.1) is 0 Å². The molecule has 19 heavy (non-hydrogen) atoms. The molecule has 3 rings (SSSR count). The van der Waals surface area contributed by atoms with Crippen LogP contribution in [-0.4, -0.2) is 19.9 Å². The third-order valence-electron chi connectivity index (χ3n) is 2.57. The third kappa shape index (κ3) is 2.44. The van der Waals surface area contributed by atoms with Crippen LogP contribution in [-0.2, 0) is 0 Å². The second-order valence-electron chi connectivity index (χ2n) is 3.85. The summed E-state index contributed by atoms with van der Waals surface area (Å²) < 4.78 is 12.9. The highest BCUT2D eigenvalue weighted by atomic mass is 19.1. The molecule has 5 heteroatoms. The summed E-state index contributed by atoms with van der Waals surface area (Å²) in [5.74, 6) is 0.702. The van der Waals surface area contributed by atoms with Crippen LogP contribution in [0.5, 0.6) is 0 Å². The SMILES string of the molecule is Fc1ccc(-c2ncnc(-c3ccccn3)n2)cc1. The minimum atomic E-state index is -0.289. The van der Waals surface area contributed by atoms with Crippen LogP contribution < -0.4 is 0 Å². The van der Waals surface area contributed by atoms with Crippen molar-refractivity contribution in [2.75, 3.05) is 0 Å². The van der Waals surface area contributed by atoms with Crippen molar-refractivity contribution in [1.82, 2.24) is 19.9 Å². The van der Waals surface area contributed by atoms with Gasteiger partial charge >= 0.3 is 0 Å². The zero-order chi connectivity index (χ0) is 13.1. The molecule has 0 aliphatic heterocycles. The second-order valence-corrected chi connectivity index (χ2v) is 3.85. The Morgan fingerprint density at radius 1 is 0.789 bits per heavy atom. The van der Waals surface area contributed by atoms with E-state index in [1.807, 2.05) is 18.2 Å². The van der Waals surface area contributed by atoms with Crippen molar-refractivity contribution < 1.29 is 4.39 Å². The van der Waals surface area contributed by atoms with Crippen LogP contribution in [0.25, 0.3) is 22.9 Å². The summed E-state index contributed by atoms with van der Waals surface area (Å²) in [6.45, 7) is 0. The standard InChI is InChI=1S/C14H9FN4/c15-11-6-4-10(5-7-11)13-17-9-18-14(19-13)12-3-1-2-8-16-12/h1-9H. The van der Waals surface area contributed by atoms with Crippen molar-refractivity contribution >= 4 is 0 Å². The predicted molar refractivity (Wildman–Crippen MR) is 68.5 cm³/mol. The monoisotopic (exact) mass is 252 g/mol. The first-order valence-electron chi connectivity index (χ1n) is 5.69. The maximum atomic E-state index is 12.9. The van der Waals surface area contributed by atoms with Crippen LogP contribution >= 0.6 is 0 Å². The number of halogens is 1. The van der Waals surface area contributed by atoms with Gasteiger partial charge < -0.3 is 0 Å². The fourth-order valence-corrected chi connectivity index (χ4v) is 1.65. The van der Waals surface area contributed by atoms with Gasteiger partial charge in [-0.1, -0.05) is 6.07 Å². The van der Waals surface area contributed by atoms with E-state index in [2.05, 4.69) is 19.9 Å². The molecule has 4 nitrogen and oxygen atoms in total. The van der Waals surface area contributed by atoms with E-state index < -0.39 is 0 Å². The summed E-state index contributed by atoms with van der Waals surface area (Å²) >= 11 is 0. The molecular weight excluding hydrogens is 243 g/mol. The molecule has 0 aliphatic rings. The molecule has 1 aromatic carbocycles. The molecule has 0 saturated carbocycles. The first kappa shape index (κ1) is 11.4. The lowest BCUT2D eigenvalue weighted by Gasteiger charge is -2.02. The van der Waals surface area contributed by atoms with E-state index in [9.17, 15) is 4.39 Å². The number of aromatic nitrogens is 4. The number of hydrogen-bond donors (Lipinski definition) is 0. The molecule has 0 spiro atoms. The van der Waals surface area contributed by atoms with Gasteiger partial charge in [0.1, 0.15) is 17.8 Å². The summed E-state index contributed by atoms with van der Waals surface area (Å²) in [6, 6.07) is 11.5. The average molecular weight is 252 g/mol. The van der Waals surface area contributed by atoms with Crippen LogP contribution in [0.2, 0.25) is 0 Å². The zero-order valence-electron chi connectivity index (χ0n) is 9.86. The maximum absolute atomic E-state index is 12.9. The molecule has 0 aliphatic carbocycles. The number of rotatable bonds is 2. The molecule has 0 amide bonds. The smallest absolute Gasteiger partial charge is 0.181 e. The van der Waals surface area contributed by atoms with Gasteiger partial charge in [-0.2, -0.15) is 0 Å². The molecule has 0 N–H and O–H groups in total. The van der Waals surface area contributed by atoms with Gasteiger partial charge in [0.15, 0.2) is 11.6 Å². The van der Waals surface area contributed by atoms with E-state index in [-0.39, 0.29) is 5.82 Å². The minimum absolute atomic E-state index is 0.289. The summed E-state index contributed by atoms with van der Waals surface area (Å²) in [5, 5.41) is 0. The molecule has 2 heterocycles. The predicted octanol–water partition coefficient (Wildman–Crippen LogP) is 2.74. The van der Waals surface area contributed by atoms with Crippen LogP contribution in [0.3, 0.4) is 0 Å². The molecule has 0 saturated heterocycles. The number of nitrogens with zero attached hydrogens (tertiary/aromatic N) is 4. The second kappa shape index (κ2) is 4.89. The lowest BCUT2D eigenvalue weighted by atomic mass is 10.2. The highest BCUT2D eigenvalue weighted by Crippen LogP contribution is 2.17. The molecule has 0 bridgehead atoms. The Kier molecular flexibility index (Phi) is 2.94. The van der Waals surface area contributed by atoms with E-state index in [1.54, 1.807) is 18.3 Å². The van der Waals surface area contributed by atoms with Gasteiger partial charge in [-0.3, -0.25) is 4.98 Å². The molecule has 3 aromatic rings. The van der Waals surface area contributed by atoms with Gasteiger partial charge in [0.2, 0.25) is 0 Å². The molecule has 0 fully saturated rings. The van der Waals surface area contributed by atoms with Gasteiger partial charge in [-0.25, -0.2) is 19.3 Å². The van der Waals surface area contributed by atoms with E-state index in [4.69, 9.17) is 0 Å². The number of pyridine rings is 1. The van der Waals surface area contributed by atoms with Gasteiger partial charge in [0, 0.05) is 11.8 Å². The number of benzene rings is 1. The Balaban J connectivity index is 2.03. The van der Waals surface area contributed by atoms with Crippen LogP contribution in [0.4, 0.5) is 4.39 Å². The van der Waals surface area contributed by atoms with Crippen molar-refractivity contribution in [3.05, 3.63) is 60.8 Å². The first-order chi connectivity index (χ1) is 9.33. The summed E-state index contributed by atoms with van der Waals surface area (Å²) in [4.78, 5) is 16.7. The van der Waals surface area contributed by atoms with Crippen molar-refractivity contribution in [2.24, 2.45) is 0 Å². The minimum Gasteiger partial charge on any atom is -0.253 e. The van der Waals surface area contributed by atoms with Crippen molar-refractivity contribution in [2.45, 2.75) is 0 Å². The topological polar surface area (TPSA) is 51.6 Å². The van der Waals surface area contributed by atoms with Gasteiger partial charge in [0.25, 0.3) is 0 Å². The number of hydrogen-bond acceptors (Lipinski definition) is 4. The lowest BCUT2D eigenvalue weighted by molar-refractivity contribution is 0.628. The summed E-state index contributed by atoms with van der Waals surface area (Å²) in [7, 11) is 0. The van der Waals surface area contributed by atoms with Gasteiger partial charge in [-0.05, 0) is 36.4 Å². The van der Waals surface area contributed by atoms with Crippen LogP contribution in [0, 0.1) is 5.82 Å². The molecule has 0 atom stereocenters. The quantitative estimate of drug-likeness (QED) is 0.703. The largest absolute Gasteiger partial charge is 0.253 e. The van der Waals surface area contributed by atoms with E-state index in [1.165, 1.54) is 18.5 Å². The third-order valence-corrected chi connectivity index (χ3v) is 2.57. The Bertz CT molecular complexity index is 683. The lowest BCUT2D eigenvalue weighted by Crippen LogP contribution is -1.96. The van der Waals surface area contributed by atoms with Crippen LogP contribution in [0.1, 0.15) is 0 Å². The fraction of sp³-hybridized carbons (Fsp3) is 0. The van der Waals surface area contributed by atoms with Crippen LogP contribution in [0.15, 0.2) is 55.0 Å². The average Bonchev–Trinajstić information content (AvgIpc) is 2.49. The normalized spacial score (nSPS) is 10.4. The van der Waals surface area contributed by atoms with Crippen molar-refractivity contribution in [1.29, 1.82) is 0 Å². The molecule has 0 unspecified atom stereocenters. The highest BCUT2D eigenvalue weighted by Gasteiger charge is 2.06. The molecular formula is C14H9FN4. The zero-order valence-corrected chi connectivity index (χ0v) is 9.86. The summed E-state index contributed by atoms with van der Waals surface area (Å²) in [5.41, 5.74) is 1.41. The fourth-order valence-electron chi connectivity index (χ4n) is 1.65. The Labute approximate surface area is 109 Å². The Morgan fingerprint density at radius 3 is 2.32 bits per heavy atom.